The minimum absolute atomic E-state index is 0.302. The Morgan fingerprint density at radius 1 is 0.864 bits per heavy atom. The van der Waals surface area contributed by atoms with Gasteiger partial charge in [0, 0.05) is 0 Å². The Balaban J connectivity index is 2.43. The second kappa shape index (κ2) is 10.6. The molecule has 0 heterocycles. The Morgan fingerprint density at radius 3 is 1.73 bits per heavy atom. The molecule has 4 heteroatoms. The van der Waals surface area contributed by atoms with Gasteiger partial charge < -0.3 is 9.47 Å². The summed E-state index contributed by atoms with van der Waals surface area (Å²) in [6.07, 6.45) is 9.11. The van der Waals surface area contributed by atoms with Gasteiger partial charge in [-0.2, -0.15) is 0 Å². The Kier molecular flexibility index (Phi) is 9.17. The van der Waals surface area contributed by atoms with Gasteiger partial charge in [0.25, 0.3) is 0 Å². The molecule has 0 atom stereocenters. The molecule has 1 aliphatic rings. The third-order valence-electron chi connectivity index (χ3n) is 4.67. The van der Waals surface area contributed by atoms with Crippen LogP contribution in [0, 0.1) is 17.8 Å². The van der Waals surface area contributed by atoms with Crippen LogP contribution in [0.5, 0.6) is 0 Å². The highest BCUT2D eigenvalue weighted by Crippen LogP contribution is 2.34. The maximum Gasteiger partial charge on any atom is 0.320 e. The molecule has 0 aromatic rings. The van der Waals surface area contributed by atoms with E-state index in [0.29, 0.717) is 25.6 Å². The summed E-state index contributed by atoms with van der Waals surface area (Å²) in [6.45, 7) is 6.37. The van der Waals surface area contributed by atoms with Crippen molar-refractivity contribution in [3.05, 3.63) is 0 Å². The van der Waals surface area contributed by atoms with Crippen LogP contribution in [-0.4, -0.2) is 25.2 Å². The fourth-order valence-corrected chi connectivity index (χ4v) is 3.44. The van der Waals surface area contributed by atoms with Gasteiger partial charge in [0.2, 0.25) is 0 Å². The molecule has 0 spiro atoms. The van der Waals surface area contributed by atoms with E-state index in [4.69, 9.17) is 9.47 Å². The molecule has 22 heavy (non-hydrogen) atoms. The summed E-state index contributed by atoms with van der Waals surface area (Å²) in [5.74, 6) is -0.0823. The van der Waals surface area contributed by atoms with Crippen LogP contribution in [0.3, 0.4) is 0 Å². The van der Waals surface area contributed by atoms with E-state index in [2.05, 4.69) is 6.92 Å². The molecule has 128 valence electrons. The Bertz CT molecular complexity index is 314. The summed E-state index contributed by atoms with van der Waals surface area (Å²) in [7, 11) is 0. The standard InChI is InChI=1S/C18H32O4/c1-4-7-14-8-10-15(11-9-14)12-13-16(17(19)21-5-2)18(20)22-6-3/h14-16H,4-13H2,1-3H3. The van der Waals surface area contributed by atoms with Crippen LogP contribution in [0.25, 0.3) is 0 Å². The topological polar surface area (TPSA) is 52.6 Å². The van der Waals surface area contributed by atoms with Crippen molar-refractivity contribution in [3.8, 4) is 0 Å². The number of esters is 2. The van der Waals surface area contributed by atoms with Crippen LogP contribution in [-0.2, 0) is 19.1 Å². The van der Waals surface area contributed by atoms with Crippen molar-refractivity contribution < 1.29 is 19.1 Å². The second-order valence-electron chi connectivity index (χ2n) is 6.31. The molecule has 0 amide bonds. The number of ether oxygens (including phenoxy) is 2. The van der Waals surface area contributed by atoms with E-state index < -0.39 is 17.9 Å². The third kappa shape index (κ3) is 6.37. The van der Waals surface area contributed by atoms with Gasteiger partial charge in [-0.25, -0.2) is 0 Å². The average Bonchev–Trinajstić information content (AvgIpc) is 2.50. The van der Waals surface area contributed by atoms with Gasteiger partial charge in [0.1, 0.15) is 0 Å². The largest absolute Gasteiger partial charge is 0.465 e. The molecule has 4 nitrogen and oxygen atoms in total. The monoisotopic (exact) mass is 312 g/mol. The number of hydrogen-bond donors (Lipinski definition) is 0. The molecule has 0 N–H and O–H groups in total. The van der Waals surface area contributed by atoms with E-state index >= 15 is 0 Å². The molecule has 0 aromatic heterocycles. The van der Waals surface area contributed by atoms with Crippen molar-refractivity contribution in [2.45, 2.75) is 72.1 Å². The average molecular weight is 312 g/mol. The lowest BCUT2D eigenvalue weighted by molar-refractivity contribution is -0.162. The zero-order chi connectivity index (χ0) is 16.4. The Labute approximate surface area is 134 Å². The highest BCUT2D eigenvalue weighted by atomic mass is 16.6. The molecule has 1 rings (SSSR count). The predicted octanol–water partition coefficient (Wildman–Crippen LogP) is 4.12. The minimum Gasteiger partial charge on any atom is -0.465 e. The van der Waals surface area contributed by atoms with Gasteiger partial charge >= 0.3 is 11.9 Å². The maximum absolute atomic E-state index is 11.9. The van der Waals surface area contributed by atoms with E-state index in [1.54, 1.807) is 13.8 Å². The summed E-state index contributed by atoms with van der Waals surface area (Å²) >= 11 is 0. The molecule has 0 radical (unpaired) electrons. The SMILES string of the molecule is CCCC1CCC(CCC(C(=O)OCC)C(=O)OCC)CC1. The molecule has 1 saturated carbocycles. The first-order valence-electron chi connectivity index (χ1n) is 8.95. The molecule has 0 saturated heterocycles. The minimum atomic E-state index is -0.742. The van der Waals surface area contributed by atoms with Crippen molar-refractivity contribution >= 4 is 11.9 Å². The van der Waals surface area contributed by atoms with Gasteiger partial charge in [0.05, 0.1) is 13.2 Å². The smallest absolute Gasteiger partial charge is 0.320 e. The fourth-order valence-electron chi connectivity index (χ4n) is 3.44. The quantitative estimate of drug-likeness (QED) is 0.475. The van der Waals surface area contributed by atoms with Gasteiger partial charge in [-0.3, -0.25) is 9.59 Å². The van der Waals surface area contributed by atoms with Gasteiger partial charge in [0.15, 0.2) is 5.92 Å². The third-order valence-corrected chi connectivity index (χ3v) is 4.67. The number of hydrogen-bond acceptors (Lipinski definition) is 4. The van der Waals surface area contributed by atoms with Crippen LogP contribution in [0.2, 0.25) is 0 Å². The van der Waals surface area contributed by atoms with Crippen molar-refractivity contribution in [1.29, 1.82) is 0 Å². The Hall–Kier alpha value is -1.06. The first-order chi connectivity index (χ1) is 10.6. The van der Waals surface area contributed by atoms with E-state index in [1.807, 2.05) is 0 Å². The van der Waals surface area contributed by atoms with Crippen LogP contribution in [0.1, 0.15) is 72.1 Å². The zero-order valence-electron chi connectivity index (χ0n) is 14.4. The number of rotatable bonds is 9. The van der Waals surface area contributed by atoms with Crippen LogP contribution >= 0.6 is 0 Å². The normalized spacial score (nSPS) is 21.6. The molecule has 0 bridgehead atoms. The van der Waals surface area contributed by atoms with E-state index in [1.165, 1.54) is 38.5 Å². The molecular formula is C18H32O4. The van der Waals surface area contributed by atoms with Crippen molar-refractivity contribution in [3.63, 3.8) is 0 Å². The van der Waals surface area contributed by atoms with Crippen molar-refractivity contribution in [2.75, 3.05) is 13.2 Å². The number of carbonyl (C=O) groups is 2. The van der Waals surface area contributed by atoms with E-state index in [0.717, 1.165) is 12.3 Å². The highest BCUT2D eigenvalue weighted by Gasteiger charge is 2.31. The van der Waals surface area contributed by atoms with Crippen molar-refractivity contribution in [1.82, 2.24) is 0 Å². The van der Waals surface area contributed by atoms with Crippen LogP contribution in [0.15, 0.2) is 0 Å². The molecule has 1 fully saturated rings. The first-order valence-corrected chi connectivity index (χ1v) is 8.95. The molecule has 0 aromatic carbocycles. The lowest BCUT2D eigenvalue weighted by atomic mass is 9.77. The van der Waals surface area contributed by atoms with Gasteiger partial charge in [-0.1, -0.05) is 45.4 Å². The number of carbonyl (C=O) groups excluding carboxylic acids is 2. The summed E-state index contributed by atoms with van der Waals surface area (Å²) in [5.41, 5.74) is 0. The maximum atomic E-state index is 11.9. The summed E-state index contributed by atoms with van der Waals surface area (Å²) in [5, 5.41) is 0. The van der Waals surface area contributed by atoms with Gasteiger partial charge in [-0.05, 0) is 38.5 Å². The lowest BCUT2D eigenvalue weighted by Crippen LogP contribution is -2.29. The predicted molar refractivity (Wildman–Crippen MR) is 86.3 cm³/mol. The zero-order valence-corrected chi connectivity index (χ0v) is 14.4. The Morgan fingerprint density at radius 2 is 1.32 bits per heavy atom. The summed E-state index contributed by atoms with van der Waals surface area (Å²) in [4.78, 5) is 23.9. The van der Waals surface area contributed by atoms with Crippen molar-refractivity contribution in [2.24, 2.45) is 17.8 Å². The second-order valence-corrected chi connectivity index (χ2v) is 6.31. The molecule has 0 aliphatic heterocycles. The van der Waals surface area contributed by atoms with Crippen LogP contribution in [0.4, 0.5) is 0 Å². The molecular weight excluding hydrogens is 280 g/mol. The van der Waals surface area contributed by atoms with Crippen LogP contribution < -0.4 is 0 Å². The summed E-state index contributed by atoms with van der Waals surface area (Å²) < 4.78 is 10.0. The first kappa shape index (κ1) is 19.0. The molecule has 1 aliphatic carbocycles. The van der Waals surface area contributed by atoms with Gasteiger partial charge in [-0.15, -0.1) is 0 Å². The van der Waals surface area contributed by atoms with E-state index in [-0.39, 0.29) is 0 Å². The highest BCUT2D eigenvalue weighted by molar-refractivity contribution is 5.94. The summed E-state index contributed by atoms with van der Waals surface area (Å²) in [6, 6.07) is 0. The lowest BCUT2D eigenvalue weighted by Gasteiger charge is -2.28. The fraction of sp³-hybridized carbons (Fsp3) is 0.889. The van der Waals surface area contributed by atoms with E-state index in [9.17, 15) is 9.59 Å². The molecule has 0 unspecified atom stereocenters.